The third-order valence-electron chi connectivity index (χ3n) is 14.1. The number of allylic oxidation sites excluding steroid dienone is 20. The number of aliphatic hydroxyl groups excluding tert-OH is 2. The number of carbonyl (C=O) groups excluding carboxylic acids is 3. The van der Waals surface area contributed by atoms with Crippen LogP contribution in [0, 0.1) is 0 Å². The van der Waals surface area contributed by atoms with Gasteiger partial charge in [-0.05, 0) is 122 Å². The van der Waals surface area contributed by atoms with Gasteiger partial charge in [-0.25, -0.2) is 9.13 Å². The van der Waals surface area contributed by atoms with Crippen molar-refractivity contribution < 1.29 is 75.8 Å². The highest BCUT2D eigenvalue weighted by atomic mass is 31.2. The van der Waals surface area contributed by atoms with Gasteiger partial charge in [0.1, 0.15) is 25.4 Å². The number of rotatable bonds is 65. The Labute approximate surface area is 551 Å². The summed E-state index contributed by atoms with van der Waals surface area (Å²) in [4.78, 5) is 58.3. The van der Waals surface area contributed by atoms with E-state index in [0.717, 1.165) is 116 Å². The third-order valence-corrected chi connectivity index (χ3v) is 16.0. The molecule has 0 aromatic rings. The molecule has 0 fully saturated rings. The van der Waals surface area contributed by atoms with Crippen LogP contribution in [0.3, 0.4) is 0 Å². The summed E-state index contributed by atoms with van der Waals surface area (Å²) in [5, 5.41) is 20.5. The van der Waals surface area contributed by atoms with Gasteiger partial charge in [0, 0.05) is 19.3 Å². The standard InChI is InChI=1S/C73H124O16P2/c1-4-7-10-13-16-19-22-24-26-28-29-30-31-32-33-34-35-36-37-39-41-42-45-47-50-53-56-59-71(76)83-62-68(74)63-85-90(79,80)86-64-69(75)65-87-91(81,82)88-67-70(89-73(78)61-58-55-52-49-44-21-18-15-12-9-6-3)66-84-72(77)60-57-54-51-48-46-43-40-38-27-25-23-20-17-14-11-8-5-2/h8,11,15-20,24-27,29-30,32-33,40,43,48,51,68-70,74-75H,4-7,9-10,12-14,21-23,28,31,34-39,41-42,44-47,49-50,52-67H2,1-3H3,(H,79,80)(H,81,82)/b11-8-,18-15-,19-16-,20-17-,26-24-,27-25-,30-29-,33-32-,43-40-,51-48-. The predicted octanol–water partition coefficient (Wildman–Crippen LogP) is 19.4. The number of carbonyl (C=O) groups is 3. The van der Waals surface area contributed by atoms with Crippen molar-refractivity contribution in [2.24, 2.45) is 0 Å². The zero-order chi connectivity index (χ0) is 66.7. The average Bonchev–Trinajstić information content (AvgIpc) is 3.61. The van der Waals surface area contributed by atoms with E-state index in [-0.39, 0.29) is 19.3 Å². The van der Waals surface area contributed by atoms with Crippen molar-refractivity contribution >= 4 is 33.6 Å². The van der Waals surface area contributed by atoms with Crippen LogP contribution >= 0.6 is 15.6 Å². The number of ether oxygens (including phenoxy) is 3. The van der Waals surface area contributed by atoms with Gasteiger partial charge < -0.3 is 34.2 Å². The monoisotopic (exact) mass is 1320 g/mol. The van der Waals surface area contributed by atoms with E-state index in [9.17, 15) is 43.5 Å². The zero-order valence-electron chi connectivity index (χ0n) is 56.5. The summed E-state index contributed by atoms with van der Waals surface area (Å²) in [6.45, 7) is 2.39. The van der Waals surface area contributed by atoms with E-state index in [1.807, 2.05) is 12.2 Å². The maximum atomic E-state index is 12.8. The lowest BCUT2D eigenvalue weighted by atomic mass is 10.0. The summed E-state index contributed by atoms with van der Waals surface area (Å²) >= 11 is 0. The molecule has 0 saturated carbocycles. The molecule has 0 radical (unpaired) electrons. The van der Waals surface area contributed by atoms with E-state index < -0.39 is 91.5 Å². The fourth-order valence-electron chi connectivity index (χ4n) is 8.80. The first-order chi connectivity index (χ1) is 44.2. The van der Waals surface area contributed by atoms with Gasteiger partial charge in [0.15, 0.2) is 6.10 Å². The minimum atomic E-state index is -4.94. The molecule has 0 aliphatic rings. The van der Waals surface area contributed by atoms with Crippen molar-refractivity contribution in [3.05, 3.63) is 122 Å². The molecule has 5 unspecified atom stereocenters. The molecule has 522 valence electrons. The Hall–Kier alpha value is -4.05. The normalized spacial score (nSPS) is 14.9. The molecule has 0 aliphatic heterocycles. The summed E-state index contributed by atoms with van der Waals surface area (Å²) in [7, 11) is -9.79. The van der Waals surface area contributed by atoms with E-state index in [1.54, 1.807) is 0 Å². The van der Waals surface area contributed by atoms with Gasteiger partial charge in [-0.1, -0.05) is 245 Å². The van der Waals surface area contributed by atoms with E-state index >= 15 is 0 Å². The summed E-state index contributed by atoms with van der Waals surface area (Å²) < 4.78 is 60.7. The van der Waals surface area contributed by atoms with Gasteiger partial charge >= 0.3 is 33.6 Å². The Morgan fingerprint density at radius 2 is 0.604 bits per heavy atom. The first-order valence-electron chi connectivity index (χ1n) is 34.8. The second-order valence-electron chi connectivity index (χ2n) is 22.9. The Bertz CT molecular complexity index is 2140. The van der Waals surface area contributed by atoms with E-state index in [0.29, 0.717) is 25.7 Å². The molecule has 0 spiro atoms. The maximum Gasteiger partial charge on any atom is 0.472 e. The molecular weight excluding hydrogens is 1190 g/mol. The summed E-state index contributed by atoms with van der Waals surface area (Å²) in [5.74, 6) is -1.66. The number of aliphatic hydroxyl groups is 2. The van der Waals surface area contributed by atoms with Crippen LogP contribution in [-0.4, -0.2) is 95.9 Å². The van der Waals surface area contributed by atoms with Crippen LogP contribution in [0.2, 0.25) is 0 Å². The van der Waals surface area contributed by atoms with Crippen molar-refractivity contribution in [2.75, 3.05) is 39.6 Å². The Morgan fingerprint density at radius 1 is 0.319 bits per heavy atom. The molecule has 0 aromatic carbocycles. The molecular formula is C73H124O16P2. The minimum absolute atomic E-state index is 0.0792. The molecule has 0 heterocycles. The molecule has 16 nitrogen and oxygen atoms in total. The van der Waals surface area contributed by atoms with E-state index in [1.165, 1.54) is 83.5 Å². The quantitative estimate of drug-likeness (QED) is 0.0146. The number of phosphoric ester groups is 2. The average molecular weight is 1320 g/mol. The Balaban J connectivity index is 4.51. The van der Waals surface area contributed by atoms with Crippen LogP contribution in [0.1, 0.15) is 265 Å². The van der Waals surface area contributed by atoms with Crippen LogP contribution < -0.4 is 0 Å². The predicted molar refractivity (Wildman–Crippen MR) is 371 cm³/mol. The lowest BCUT2D eigenvalue weighted by Gasteiger charge is -2.21. The van der Waals surface area contributed by atoms with Gasteiger partial charge in [-0.3, -0.25) is 32.5 Å². The second-order valence-corrected chi connectivity index (χ2v) is 25.8. The fourth-order valence-corrected chi connectivity index (χ4v) is 10.4. The van der Waals surface area contributed by atoms with Crippen molar-refractivity contribution in [3.8, 4) is 0 Å². The number of unbranched alkanes of at least 4 members (excludes halogenated alkanes) is 22. The lowest BCUT2D eigenvalue weighted by molar-refractivity contribution is -0.161. The van der Waals surface area contributed by atoms with Gasteiger partial charge in [0.05, 0.1) is 26.4 Å². The molecule has 0 rings (SSSR count). The lowest BCUT2D eigenvalue weighted by Crippen LogP contribution is -2.30. The summed E-state index contributed by atoms with van der Waals surface area (Å²) in [5.41, 5.74) is 0. The van der Waals surface area contributed by atoms with Crippen LogP contribution in [0.15, 0.2) is 122 Å². The highest BCUT2D eigenvalue weighted by Gasteiger charge is 2.29. The molecule has 0 bridgehead atoms. The van der Waals surface area contributed by atoms with Crippen LogP contribution in [0.25, 0.3) is 0 Å². The first kappa shape index (κ1) is 87.0. The highest BCUT2D eigenvalue weighted by Crippen LogP contribution is 2.45. The minimum Gasteiger partial charge on any atom is -0.463 e. The van der Waals surface area contributed by atoms with Gasteiger partial charge in [0.25, 0.3) is 0 Å². The van der Waals surface area contributed by atoms with Crippen LogP contribution in [0.4, 0.5) is 0 Å². The zero-order valence-corrected chi connectivity index (χ0v) is 58.3. The van der Waals surface area contributed by atoms with Crippen LogP contribution in [0.5, 0.6) is 0 Å². The summed E-state index contributed by atoms with van der Waals surface area (Å²) in [6.07, 6.45) is 75.7. The van der Waals surface area contributed by atoms with Crippen molar-refractivity contribution in [1.82, 2.24) is 0 Å². The molecule has 5 atom stereocenters. The van der Waals surface area contributed by atoms with Crippen molar-refractivity contribution in [3.63, 3.8) is 0 Å². The maximum absolute atomic E-state index is 12.8. The number of esters is 3. The van der Waals surface area contributed by atoms with Gasteiger partial charge in [-0.15, -0.1) is 0 Å². The van der Waals surface area contributed by atoms with Crippen molar-refractivity contribution in [1.29, 1.82) is 0 Å². The topological polar surface area (TPSA) is 231 Å². The molecule has 0 aliphatic carbocycles. The van der Waals surface area contributed by atoms with Crippen LogP contribution in [-0.2, 0) is 55.8 Å². The molecule has 91 heavy (non-hydrogen) atoms. The molecule has 0 saturated heterocycles. The van der Waals surface area contributed by atoms with E-state index in [4.69, 9.17) is 32.3 Å². The first-order valence-corrected chi connectivity index (χ1v) is 37.8. The Kier molecular flexibility index (Phi) is 63.1. The molecule has 18 heteroatoms. The largest absolute Gasteiger partial charge is 0.472 e. The number of hydrogen-bond donors (Lipinski definition) is 4. The smallest absolute Gasteiger partial charge is 0.463 e. The fraction of sp³-hybridized carbons (Fsp3) is 0.685. The number of hydrogen-bond acceptors (Lipinski definition) is 14. The molecule has 4 N–H and O–H groups in total. The van der Waals surface area contributed by atoms with Crippen molar-refractivity contribution in [2.45, 2.75) is 283 Å². The molecule has 0 aromatic heterocycles. The Morgan fingerprint density at radius 3 is 1.01 bits per heavy atom. The van der Waals surface area contributed by atoms with E-state index in [2.05, 4.69) is 130 Å². The van der Waals surface area contributed by atoms with Gasteiger partial charge in [0.2, 0.25) is 0 Å². The third kappa shape index (κ3) is 67.2. The van der Waals surface area contributed by atoms with Gasteiger partial charge in [-0.2, -0.15) is 0 Å². The summed E-state index contributed by atoms with van der Waals surface area (Å²) in [6, 6.07) is 0. The second kappa shape index (κ2) is 66.0. The molecule has 0 amide bonds. The number of phosphoric acid groups is 2. The SMILES string of the molecule is CC/C=C\C/C=C\C/C=C\C/C=C\C/C=C\CCCC(=O)OCC(COP(=O)(O)OCC(O)COP(=O)(O)OCC(O)COC(=O)CCCCCCCCCCCCC/C=C\C/C=C\C/C=C\C/C=C\CCCCC)OC(=O)CCCCCCC/C=C\CCCC. The highest BCUT2D eigenvalue weighted by molar-refractivity contribution is 7.47.